The van der Waals surface area contributed by atoms with Gasteiger partial charge in [0.2, 0.25) is 5.91 Å². The molecule has 1 saturated heterocycles. The summed E-state index contributed by atoms with van der Waals surface area (Å²) < 4.78 is 0. The molecule has 1 amide bonds. The first-order valence-electron chi connectivity index (χ1n) is 10.8. The summed E-state index contributed by atoms with van der Waals surface area (Å²) in [6.07, 6.45) is 11.3. The lowest BCUT2D eigenvalue weighted by Gasteiger charge is -2.41. The zero-order chi connectivity index (χ0) is 18.6. The minimum Gasteiger partial charge on any atom is -0.349 e. The number of carbonyl (C=O) groups excluding carboxylic acids is 1. The molecule has 0 radical (unpaired) electrons. The van der Waals surface area contributed by atoms with Gasteiger partial charge in [-0.15, -0.1) is 0 Å². The SMILES string of the molecule is CC(=O)NC1CC2(CCN(CC3CC4C=CC3C4)CC2)c2ccc(C)cc21. The molecule has 3 aliphatic carbocycles. The zero-order valence-electron chi connectivity index (χ0n) is 16.7. The van der Waals surface area contributed by atoms with Crippen molar-refractivity contribution in [3.8, 4) is 0 Å². The van der Waals surface area contributed by atoms with E-state index in [0.717, 1.165) is 24.2 Å². The minimum absolute atomic E-state index is 0.0892. The molecule has 2 fully saturated rings. The van der Waals surface area contributed by atoms with Gasteiger partial charge in [-0.05, 0) is 81.0 Å². The molecule has 27 heavy (non-hydrogen) atoms. The Balaban J connectivity index is 1.30. The predicted octanol–water partition coefficient (Wildman–Crippen LogP) is 4.12. The van der Waals surface area contributed by atoms with Crippen molar-refractivity contribution in [1.82, 2.24) is 10.2 Å². The number of aryl methyl sites for hydroxylation is 1. The van der Waals surface area contributed by atoms with Gasteiger partial charge in [0.15, 0.2) is 0 Å². The minimum atomic E-state index is 0.0892. The van der Waals surface area contributed by atoms with Crippen molar-refractivity contribution in [2.75, 3.05) is 19.6 Å². The third kappa shape index (κ3) is 3.04. The molecular weight excluding hydrogens is 332 g/mol. The van der Waals surface area contributed by atoms with Crippen LogP contribution in [0.15, 0.2) is 30.4 Å². The molecule has 3 nitrogen and oxygen atoms in total. The van der Waals surface area contributed by atoms with Crippen molar-refractivity contribution in [1.29, 1.82) is 0 Å². The van der Waals surface area contributed by atoms with Crippen LogP contribution in [0.2, 0.25) is 0 Å². The molecule has 1 spiro atoms. The summed E-state index contributed by atoms with van der Waals surface area (Å²) in [4.78, 5) is 14.5. The van der Waals surface area contributed by atoms with Crippen molar-refractivity contribution in [3.05, 3.63) is 47.0 Å². The number of nitrogens with zero attached hydrogens (tertiary/aromatic N) is 1. The molecule has 1 N–H and O–H groups in total. The van der Waals surface area contributed by atoms with Crippen LogP contribution in [-0.2, 0) is 10.2 Å². The Hall–Kier alpha value is -1.61. The van der Waals surface area contributed by atoms with Gasteiger partial charge < -0.3 is 10.2 Å². The maximum Gasteiger partial charge on any atom is 0.217 e. The number of hydrogen-bond acceptors (Lipinski definition) is 2. The molecule has 4 atom stereocenters. The zero-order valence-corrected chi connectivity index (χ0v) is 16.7. The van der Waals surface area contributed by atoms with Crippen molar-refractivity contribution in [2.24, 2.45) is 17.8 Å². The number of hydrogen-bond donors (Lipinski definition) is 1. The number of carbonyl (C=O) groups is 1. The van der Waals surface area contributed by atoms with E-state index in [1.165, 1.54) is 62.0 Å². The molecule has 1 aliphatic heterocycles. The number of benzene rings is 1. The van der Waals surface area contributed by atoms with E-state index in [1.54, 1.807) is 6.92 Å². The maximum absolute atomic E-state index is 11.7. The van der Waals surface area contributed by atoms with Gasteiger partial charge in [-0.1, -0.05) is 35.9 Å². The quantitative estimate of drug-likeness (QED) is 0.818. The molecule has 4 aliphatic rings. The first kappa shape index (κ1) is 17.5. The number of amides is 1. The molecular formula is C24H32N2O. The van der Waals surface area contributed by atoms with E-state index in [-0.39, 0.29) is 17.4 Å². The third-order valence-corrected chi connectivity index (χ3v) is 7.85. The van der Waals surface area contributed by atoms with Gasteiger partial charge in [0.05, 0.1) is 6.04 Å². The van der Waals surface area contributed by atoms with Crippen LogP contribution >= 0.6 is 0 Å². The van der Waals surface area contributed by atoms with Crippen LogP contribution < -0.4 is 5.32 Å². The fraction of sp³-hybridized carbons (Fsp3) is 0.625. The molecule has 1 heterocycles. The Bertz CT molecular complexity index is 775. The second-order valence-electron chi connectivity index (χ2n) is 9.67. The molecule has 3 heteroatoms. The number of piperidine rings is 1. The highest BCUT2D eigenvalue weighted by atomic mass is 16.1. The second-order valence-corrected chi connectivity index (χ2v) is 9.67. The standard InChI is InChI=1S/C24H32N2O/c1-16-3-6-22-21(11-16)23(25-17(2)27)14-24(22)7-9-26(10-8-24)15-20-13-18-4-5-19(20)12-18/h3-6,11,18-20,23H,7-10,12-15H2,1-2H3,(H,25,27). The lowest BCUT2D eigenvalue weighted by Crippen LogP contribution is -2.44. The Morgan fingerprint density at radius 2 is 2.04 bits per heavy atom. The lowest BCUT2D eigenvalue weighted by molar-refractivity contribution is -0.119. The summed E-state index contributed by atoms with van der Waals surface area (Å²) in [6, 6.07) is 7.10. The molecule has 144 valence electrons. The van der Waals surface area contributed by atoms with Crippen molar-refractivity contribution < 1.29 is 4.79 Å². The van der Waals surface area contributed by atoms with Crippen LogP contribution in [0, 0.1) is 24.7 Å². The number of fused-ring (bicyclic) bond motifs is 4. The average Bonchev–Trinajstić information content (AvgIpc) is 3.31. The molecule has 2 bridgehead atoms. The van der Waals surface area contributed by atoms with Gasteiger partial charge in [-0.2, -0.15) is 0 Å². The van der Waals surface area contributed by atoms with Gasteiger partial charge >= 0.3 is 0 Å². The Kier molecular flexibility index (Phi) is 4.19. The third-order valence-electron chi connectivity index (χ3n) is 7.85. The lowest BCUT2D eigenvalue weighted by atomic mass is 9.73. The second kappa shape index (κ2) is 6.48. The van der Waals surface area contributed by atoms with E-state index in [0.29, 0.717) is 0 Å². The van der Waals surface area contributed by atoms with E-state index in [2.05, 4.69) is 47.5 Å². The van der Waals surface area contributed by atoms with Crippen molar-refractivity contribution in [3.63, 3.8) is 0 Å². The van der Waals surface area contributed by atoms with E-state index in [4.69, 9.17) is 0 Å². The number of nitrogens with one attached hydrogen (secondary N) is 1. The summed E-state index contributed by atoms with van der Waals surface area (Å²) in [5.41, 5.74) is 4.44. The van der Waals surface area contributed by atoms with Gasteiger partial charge in [0.1, 0.15) is 0 Å². The number of allylic oxidation sites excluding steroid dienone is 2. The number of rotatable bonds is 3. The summed E-state index contributed by atoms with van der Waals surface area (Å²) in [6.45, 7) is 7.50. The van der Waals surface area contributed by atoms with Crippen molar-refractivity contribution >= 4 is 5.91 Å². The normalized spacial score (nSPS) is 33.6. The summed E-state index contributed by atoms with van der Waals surface area (Å²) in [5.74, 6) is 2.70. The van der Waals surface area contributed by atoms with Crippen LogP contribution in [0.5, 0.6) is 0 Å². The largest absolute Gasteiger partial charge is 0.349 e. The van der Waals surface area contributed by atoms with Gasteiger partial charge in [-0.3, -0.25) is 4.79 Å². The van der Waals surface area contributed by atoms with E-state index in [9.17, 15) is 4.79 Å². The van der Waals surface area contributed by atoms with Gasteiger partial charge in [0, 0.05) is 18.9 Å². The summed E-state index contributed by atoms with van der Waals surface area (Å²) in [5, 5.41) is 3.22. The fourth-order valence-corrected chi connectivity index (χ4v) is 6.51. The highest BCUT2D eigenvalue weighted by molar-refractivity contribution is 5.74. The van der Waals surface area contributed by atoms with E-state index in [1.807, 2.05) is 0 Å². The Labute approximate surface area is 163 Å². The summed E-state index contributed by atoms with van der Waals surface area (Å²) in [7, 11) is 0. The Morgan fingerprint density at radius 1 is 1.22 bits per heavy atom. The molecule has 1 aromatic carbocycles. The van der Waals surface area contributed by atoms with Crippen molar-refractivity contribution in [2.45, 2.75) is 57.4 Å². The number of likely N-dealkylation sites (tertiary alicyclic amines) is 1. The van der Waals surface area contributed by atoms with Crippen LogP contribution in [0.25, 0.3) is 0 Å². The molecule has 1 aromatic rings. The molecule has 1 saturated carbocycles. The van der Waals surface area contributed by atoms with Gasteiger partial charge in [0.25, 0.3) is 0 Å². The van der Waals surface area contributed by atoms with Gasteiger partial charge in [-0.25, -0.2) is 0 Å². The molecule has 4 unspecified atom stereocenters. The van der Waals surface area contributed by atoms with Crippen LogP contribution in [0.1, 0.15) is 61.8 Å². The van der Waals surface area contributed by atoms with Crippen LogP contribution in [0.3, 0.4) is 0 Å². The Morgan fingerprint density at radius 3 is 2.70 bits per heavy atom. The van der Waals surface area contributed by atoms with Crippen LogP contribution in [0.4, 0.5) is 0 Å². The molecule has 5 rings (SSSR count). The van der Waals surface area contributed by atoms with E-state index >= 15 is 0 Å². The molecule has 0 aromatic heterocycles. The topological polar surface area (TPSA) is 32.3 Å². The average molecular weight is 365 g/mol. The monoisotopic (exact) mass is 364 g/mol. The smallest absolute Gasteiger partial charge is 0.217 e. The predicted molar refractivity (Wildman–Crippen MR) is 109 cm³/mol. The maximum atomic E-state index is 11.7. The van der Waals surface area contributed by atoms with E-state index < -0.39 is 0 Å². The van der Waals surface area contributed by atoms with Crippen LogP contribution in [-0.4, -0.2) is 30.4 Å². The first-order valence-corrected chi connectivity index (χ1v) is 10.8. The highest BCUT2D eigenvalue weighted by Gasteiger charge is 2.46. The highest BCUT2D eigenvalue weighted by Crippen LogP contribution is 2.51. The fourth-order valence-electron chi connectivity index (χ4n) is 6.51. The summed E-state index contributed by atoms with van der Waals surface area (Å²) >= 11 is 0. The first-order chi connectivity index (χ1) is 13.0.